The lowest BCUT2D eigenvalue weighted by Crippen LogP contribution is -1.97. The first-order chi connectivity index (χ1) is 8.61. The van der Waals surface area contributed by atoms with E-state index in [9.17, 15) is 4.39 Å². The lowest BCUT2D eigenvalue weighted by Gasteiger charge is -2.13. The molecule has 0 spiro atoms. The van der Waals surface area contributed by atoms with E-state index < -0.39 is 5.82 Å². The first-order valence-electron chi connectivity index (χ1n) is 5.57. The molecule has 0 heterocycles. The third-order valence-corrected chi connectivity index (χ3v) is 3.29. The van der Waals surface area contributed by atoms with Gasteiger partial charge in [-0.2, -0.15) is 5.26 Å². The molecule has 2 rings (SSSR count). The zero-order valence-corrected chi connectivity index (χ0v) is 10.6. The topological polar surface area (TPSA) is 23.8 Å². The van der Waals surface area contributed by atoms with Crippen molar-refractivity contribution in [2.75, 3.05) is 0 Å². The molecule has 0 saturated carbocycles. The summed E-state index contributed by atoms with van der Waals surface area (Å²) in [5, 5.41) is 8.87. The molecule has 0 N–H and O–H groups in total. The Balaban J connectivity index is 2.32. The lowest BCUT2D eigenvalue weighted by molar-refractivity contribution is 0.624. The molecule has 0 aliphatic heterocycles. The van der Waals surface area contributed by atoms with Gasteiger partial charge in [0.25, 0.3) is 0 Å². The van der Waals surface area contributed by atoms with E-state index in [1.54, 1.807) is 18.2 Å². The molecule has 18 heavy (non-hydrogen) atoms. The average molecular weight is 260 g/mol. The zero-order valence-electron chi connectivity index (χ0n) is 9.82. The molecule has 0 fully saturated rings. The van der Waals surface area contributed by atoms with Crippen molar-refractivity contribution in [1.29, 1.82) is 5.26 Å². The maximum atomic E-state index is 13.4. The second-order valence-corrected chi connectivity index (χ2v) is 4.54. The van der Waals surface area contributed by atoms with Gasteiger partial charge in [-0.25, -0.2) is 4.39 Å². The van der Waals surface area contributed by atoms with Crippen molar-refractivity contribution in [3.63, 3.8) is 0 Å². The van der Waals surface area contributed by atoms with E-state index in [0.717, 1.165) is 11.1 Å². The summed E-state index contributed by atoms with van der Waals surface area (Å²) in [5.74, 6) is -0.348. The average Bonchev–Trinajstić information content (AvgIpc) is 2.41. The van der Waals surface area contributed by atoms with Gasteiger partial charge in [-0.1, -0.05) is 36.7 Å². The Morgan fingerprint density at radius 1 is 1.11 bits per heavy atom. The SMILES string of the molecule is C[C@@H](c1ccc(C#N)cc1)c1ccc(Cl)c(F)c1. The Morgan fingerprint density at radius 2 is 1.72 bits per heavy atom. The van der Waals surface area contributed by atoms with Gasteiger partial charge in [0.15, 0.2) is 0 Å². The van der Waals surface area contributed by atoms with Crippen molar-refractivity contribution < 1.29 is 4.39 Å². The minimum atomic E-state index is -0.408. The number of nitrogens with zero attached hydrogens (tertiary/aromatic N) is 1. The molecule has 0 radical (unpaired) electrons. The van der Waals surface area contributed by atoms with Crippen molar-refractivity contribution in [3.05, 3.63) is 70.0 Å². The van der Waals surface area contributed by atoms with E-state index in [0.29, 0.717) is 5.56 Å². The van der Waals surface area contributed by atoms with E-state index in [2.05, 4.69) is 6.07 Å². The highest BCUT2D eigenvalue weighted by Gasteiger charge is 2.10. The molecular weight excluding hydrogens is 249 g/mol. The molecule has 2 aromatic rings. The minimum absolute atomic E-state index is 0.0597. The van der Waals surface area contributed by atoms with E-state index in [1.807, 2.05) is 25.1 Å². The van der Waals surface area contributed by atoms with Gasteiger partial charge in [0, 0.05) is 5.92 Å². The van der Waals surface area contributed by atoms with Gasteiger partial charge in [-0.15, -0.1) is 0 Å². The largest absolute Gasteiger partial charge is 0.205 e. The normalized spacial score (nSPS) is 11.9. The highest BCUT2D eigenvalue weighted by Crippen LogP contribution is 2.27. The number of benzene rings is 2. The Bertz CT molecular complexity index is 599. The van der Waals surface area contributed by atoms with Crippen LogP contribution in [0.15, 0.2) is 42.5 Å². The van der Waals surface area contributed by atoms with E-state index in [4.69, 9.17) is 16.9 Å². The monoisotopic (exact) mass is 259 g/mol. The minimum Gasteiger partial charge on any atom is -0.205 e. The maximum absolute atomic E-state index is 13.4. The Hall–Kier alpha value is -1.85. The standard InChI is InChI=1S/C15H11ClFN/c1-10(12-4-2-11(9-18)3-5-12)13-6-7-14(16)15(17)8-13/h2-8,10H,1H3/t10-/m0/s1. The number of hydrogen-bond donors (Lipinski definition) is 0. The Labute approximate surface area is 110 Å². The fraction of sp³-hybridized carbons (Fsp3) is 0.133. The molecule has 90 valence electrons. The van der Waals surface area contributed by atoms with Crippen LogP contribution in [-0.2, 0) is 0 Å². The molecule has 0 unspecified atom stereocenters. The first-order valence-corrected chi connectivity index (χ1v) is 5.94. The van der Waals surface area contributed by atoms with Gasteiger partial charge in [0.05, 0.1) is 16.7 Å². The van der Waals surface area contributed by atoms with E-state index >= 15 is 0 Å². The van der Waals surface area contributed by atoms with E-state index in [1.165, 1.54) is 6.07 Å². The second kappa shape index (κ2) is 5.20. The van der Waals surface area contributed by atoms with Crippen LogP contribution in [0.5, 0.6) is 0 Å². The molecule has 0 aromatic heterocycles. The smallest absolute Gasteiger partial charge is 0.142 e. The summed E-state index contributed by atoms with van der Waals surface area (Å²) in [6.45, 7) is 1.99. The fourth-order valence-electron chi connectivity index (χ4n) is 1.82. The van der Waals surface area contributed by atoms with Crippen molar-refractivity contribution in [1.82, 2.24) is 0 Å². The van der Waals surface area contributed by atoms with Crippen LogP contribution in [0.3, 0.4) is 0 Å². The van der Waals surface area contributed by atoms with Gasteiger partial charge >= 0.3 is 0 Å². The highest BCUT2D eigenvalue weighted by atomic mass is 35.5. The molecule has 0 aliphatic carbocycles. The number of hydrogen-bond acceptors (Lipinski definition) is 1. The predicted octanol–water partition coefficient (Wildman–Crippen LogP) is 4.50. The Morgan fingerprint density at radius 3 is 2.28 bits per heavy atom. The van der Waals surface area contributed by atoms with Crippen LogP contribution in [0, 0.1) is 17.1 Å². The fourth-order valence-corrected chi connectivity index (χ4v) is 1.94. The van der Waals surface area contributed by atoms with Crippen LogP contribution in [0.2, 0.25) is 5.02 Å². The van der Waals surface area contributed by atoms with Crippen LogP contribution >= 0.6 is 11.6 Å². The summed E-state index contributed by atoms with van der Waals surface area (Å²) < 4.78 is 13.4. The molecule has 1 atom stereocenters. The number of nitriles is 1. The van der Waals surface area contributed by atoms with Gasteiger partial charge in [0.2, 0.25) is 0 Å². The molecular formula is C15H11ClFN. The van der Waals surface area contributed by atoms with Crippen LogP contribution in [-0.4, -0.2) is 0 Å². The Kier molecular flexibility index (Phi) is 3.64. The zero-order chi connectivity index (χ0) is 13.1. The summed E-state index contributed by atoms with van der Waals surface area (Å²) in [6.07, 6.45) is 0. The van der Waals surface area contributed by atoms with Crippen molar-refractivity contribution in [2.45, 2.75) is 12.8 Å². The highest BCUT2D eigenvalue weighted by molar-refractivity contribution is 6.30. The molecule has 1 nitrogen and oxygen atoms in total. The summed E-state index contributed by atoms with van der Waals surface area (Å²) >= 11 is 5.66. The van der Waals surface area contributed by atoms with Crippen LogP contribution in [0.4, 0.5) is 4.39 Å². The summed E-state index contributed by atoms with van der Waals surface area (Å²) in [5.41, 5.74) is 2.52. The van der Waals surface area contributed by atoms with Crippen LogP contribution in [0.1, 0.15) is 29.5 Å². The van der Waals surface area contributed by atoms with Crippen molar-refractivity contribution in [2.24, 2.45) is 0 Å². The van der Waals surface area contributed by atoms with Crippen LogP contribution < -0.4 is 0 Å². The molecule has 0 bridgehead atoms. The first kappa shape index (κ1) is 12.6. The van der Waals surface area contributed by atoms with Gasteiger partial charge in [-0.3, -0.25) is 0 Å². The lowest BCUT2D eigenvalue weighted by atomic mass is 9.92. The molecule has 2 aromatic carbocycles. The van der Waals surface area contributed by atoms with Crippen molar-refractivity contribution >= 4 is 11.6 Å². The maximum Gasteiger partial charge on any atom is 0.142 e. The van der Waals surface area contributed by atoms with Crippen LogP contribution in [0.25, 0.3) is 0 Å². The molecule has 3 heteroatoms. The van der Waals surface area contributed by atoms with Gasteiger partial charge < -0.3 is 0 Å². The third kappa shape index (κ3) is 2.52. The molecule has 0 saturated heterocycles. The second-order valence-electron chi connectivity index (χ2n) is 4.13. The summed E-state index contributed by atoms with van der Waals surface area (Å²) in [4.78, 5) is 0. The predicted molar refractivity (Wildman–Crippen MR) is 70.1 cm³/mol. The van der Waals surface area contributed by atoms with Crippen molar-refractivity contribution in [3.8, 4) is 6.07 Å². The summed E-state index contributed by atoms with van der Waals surface area (Å²) in [7, 11) is 0. The summed E-state index contributed by atoms with van der Waals surface area (Å²) in [6, 6.07) is 14.2. The molecule has 0 aliphatic rings. The third-order valence-electron chi connectivity index (χ3n) is 2.98. The van der Waals surface area contributed by atoms with Gasteiger partial charge in [-0.05, 0) is 35.4 Å². The van der Waals surface area contributed by atoms with E-state index in [-0.39, 0.29) is 10.9 Å². The number of rotatable bonds is 2. The van der Waals surface area contributed by atoms with Gasteiger partial charge in [0.1, 0.15) is 5.82 Å². The number of halogens is 2. The molecule has 0 amide bonds. The quantitative estimate of drug-likeness (QED) is 0.779.